The Morgan fingerprint density at radius 1 is 1.26 bits per heavy atom. The molecule has 0 aliphatic rings. The van der Waals surface area contributed by atoms with E-state index in [9.17, 15) is 25.1 Å². The minimum Gasteiger partial charge on any atom is -0.497 e. The zero-order valence-corrected chi connectivity index (χ0v) is 16.5. The number of carboxylic acids is 2. The average molecular weight is 376 g/mol. The topological polar surface area (TPSA) is 111 Å². The number of nitriles is 1. The highest BCUT2D eigenvalue weighted by molar-refractivity contribution is 5.94. The first-order valence-corrected chi connectivity index (χ1v) is 8.69. The molecule has 0 aliphatic heterocycles. The lowest BCUT2D eigenvalue weighted by molar-refractivity contribution is -0.162. The van der Waals surface area contributed by atoms with Gasteiger partial charge in [0.2, 0.25) is 0 Å². The van der Waals surface area contributed by atoms with E-state index in [1.165, 1.54) is 21.0 Å². The number of ether oxygens (including phenoxy) is 1. The molecule has 27 heavy (non-hydrogen) atoms. The van der Waals surface area contributed by atoms with Gasteiger partial charge in [0, 0.05) is 5.41 Å². The summed E-state index contributed by atoms with van der Waals surface area (Å²) < 4.78 is 5.25. The van der Waals surface area contributed by atoms with Crippen LogP contribution in [0.3, 0.4) is 0 Å². The average Bonchev–Trinajstić information content (AvgIpc) is 2.57. The van der Waals surface area contributed by atoms with Gasteiger partial charge in [0.15, 0.2) is 5.92 Å². The standard InChI is InChI=1S/C20H28N2O5/c1-19(2,16(17(23)24)18(25)26)20(13-21,10-7-11-22(3)4)14-8-6-9-15(12-14)27-5/h6,8-9,12,16H,7,10-11H2,1-5H3,(H,23,24)(H,25,26). The van der Waals surface area contributed by atoms with Gasteiger partial charge in [-0.3, -0.25) is 9.59 Å². The van der Waals surface area contributed by atoms with Crippen LogP contribution < -0.4 is 4.74 Å². The third kappa shape index (κ3) is 4.58. The minimum atomic E-state index is -1.73. The molecule has 0 fully saturated rings. The molecule has 1 aromatic carbocycles. The molecule has 1 unspecified atom stereocenters. The summed E-state index contributed by atoms with van der Waals surface area (Å²) in [6.07, 6.45) is 0.923. The van der Waals surface area contributed by atoms with E-state index in [2.05, 4.69) is 6.07 Å². The molecule has 0 aromatic heterocycles. The van der Waals surface area contributed by atoms with Crippen molar-refractivity contribution in [2.45, 2.75) is 32.1 Å². The van der Waals surface area contributed by atoms with Crippen molar-refractivity contribution in [2.24, 2.45) is 11.3 Å². The van der Waals surface area contributed by atoms with Crippen LogP contribution in [-0.4, -0.2) is 54.8 Å². The molecule has 0 spiro atoms. The van der Waals surface area contributed by atoms with Crippen molar-refractivity contribution in [1.29, 1.82) is 5.26 Å². The second-order valence-electron chi connectivity index (χ2n) is 7.49. The van der Waals surface area contributed by atoms with Crippen LogP contribution in [0.4, 0.5) is 0 Å². The first-order valence-electron chi connectivity index (χ1n) is 8.69. The number of aliphatic carboxylic acids is 2. The molecular formula is C20H28N2O5. The van der Waals surface area contributed by atoms with Gasteiger partial charge in [-0.1, -0.05) is 26.0 Å². The van der Waals surface area contributed by atoms with Gasteiger partial charge in [-0.25, -0.2) is 0 Å². The second-order valence-corrected chi connectivity index (χ2v) is 7.49. The van der Waals surface area contributed by atoms with Gasteiger partial charge >= 0.3 is 11.9 Å². The Hall–Kier alpha value is -2.59. The van der Waals surface area contributed by atoms with Crippen molar-refractivity contribution < 1.29 is 24.5 Å². The number of carbonyl (C=O) groups is 2. The third-order valence-electron chi connectivity index (χ3n) is 5.23. The Kier molecular flexibility index (Phi) is 7.37. The summed E-state index contributed by atoms with van der Waals surface area (Å²) in [6, 6.07) is 9.14. The maximum absolute atomic E-state index is 11.8. The highest BCUT2D eigenvalue weighted by atomic mass is 16.5. The molecule has 0 saturated carbocycles. The molecule has 2 N–H and O–H groups in total. The fraction of sp³-hybridized carbons (Fsp3) is 0.550. The lowest BCUT2D eigenvalue weighted by Gasteiger charge is -2.44. The summed E-state index contributed by atoms with van der Waals surface area (Å²) in [4.78, 5) is 25.5. The van der Waals surface area contributed by atoms with E-state index in [0.29, 0.717) is 30.7 Å². The summed E-state index contributed by atoms with van der Waals surface area (Å²) in [7, 11) is 5.31. The SMILES string of the molecule is COc1cccc(C(C#N)(CCCN(C)C)C(C)(C)C(C(=O)O)C(=O)O)c1. The summed E-state index contributed by atoms with van der Waals surface area (Å²) in [5.41, 5.74) is -2.14. The van der Waals surface area contributed by atoms with Crippen LogP contribution in [-0.2, 0) is 15.0 Å². The van der Waals surface area contributed by atoms with Gasteiger partial charge < -0.3 is 19.8 Å². The first kappa shape index (κ1) is 22.5. The fourth-order valence-corrected chi connectivity index (χ4v) is 3.62. The van der Waals surface area contributed by atoms with E-state index in [1.807, 2.05) is 19.0 Å². The second kappa shape index (κ2) is 8.87. The van der Waals surface area contributed by atoms with E-state index < -0.39 is 28.7 Å². The normalized spacial score (nSPS) is 13.9. The van der Waals surface area contributed by atoms with Gasteiger partial charge in [0.1, 0.15) is 5.75 Å². The lowest BCUT2D eigenvalue weighted by Crippen LogP contribution is -2.51. The molecule has 0 radical (unpaired) electrons. The van der Waals surface area contributed by atoms with E-state index >= 15 is 0 Å². The van der Waals surface area contributed by atoms with Crippen molar-refractivity contribution >= 4 is 11.9 Å². The van der Waals surface area contributed by atoms with Crippen LogP contribution in [0.1, 0.15) is 32.3 Å². The Labute approximate surface area is 160 Å². The van der Waals surface area contributed by atoms with Crippen molar-refractivity contribution in [2.75, 3.05) is 27.7 Å². The van der Waals surface area contributed by atoms with Gasteiger partial charge in [0.25, 0.3) is 0 Å². The summed E-state index contributed by atoms with van der Waals surface area (Å²) in [6.45, 7) is 3.77. The summed E-state index contributed by atoms with van der Waals surface area (Å²) in [5, 5.41) is 29.4. The van der Waals surface area contributed by atoms with Crippen molar-refractivity contribution in [3.05, 3.63) is 29.8 Å². The molecule has 148 valence electrons. The van der Waals surface area contributed by atoms with Crippen molar-refractivity contribution in [3.63, 3.8) is 0 Å². The largest absolute Gasteiger partial charge is 0.497 e. The molecule has 0 bridgehead atoms. The third-order valence-corrected chi connectivity index (χ3v) is 5.23. The predicted molar refractivity (Wildman–Crippen MR) is 101 cm³/mol. The van der Waals surface area contributed by atoms with E-state index in [-0.39, 0.29) is 0 Å². The maximum atomic E-state index is 11.8. The molecule has 0 heterocycles. The molecular weight excluding hydrogens is 348 g/mol. The van der Waals surface area contributed by atoms with Crippen LogP contribution >= 0.6 is 0 Å². The quantitative estimate of drug-likeness (QED) is 0.604. The number of hydrogen-bond acceptors (Lipinski definition) is 5. The molecule has 7 heteroatoms. The van der Waals surface area contributed by atoms with Crippen LogP contribution in [0.5, 0.6) is 5.75 Å². The summed E-state index contributed by atoms with van der Waals surface area (Å²) >= 11 is 0. The number of rotatable bonds is 10. The monoisotopic (exact) mass is 376 g/mol. The summed E-state index contributed by atoms with van der Waals surface area (Å²) in [5.74, 6) is -4.12. The van der Waals surface area contributed by atoms with Gasteiger partial charge in [-0.05, 0) is 51.2 Å². The molecule has 0 saturated heterocycles. The molecule has 1 rings (SSSR count). The Morgan fingerprint density at radius 3 is 2.30 bits per heavy atom. The van der Waals surface area contributed by atoms with Crippen molar-refractivity contribution in [1.82, 2.24) is 4.90 Å². The van der Waals surface area contributed by atoms with E-state index in [0.717, 1.165) is 0 Å². The first-order chi connectivity index (χ1) is 12.5. The zero-order chi connectivity index (χ0) is 20.8. The zero-order valence-electron chi connectivity index (χ0n) is 16.5. The number of methoxy groups -OCH3 is 1. The van der Waals surface area contributed by atoms with E-state index in [4.69, 9.17) is 4.74 Å². The number of nitrogens with zero attached hydrogens (tertiary/aromatic N) is 2. The van der Waals surface area contributed by atoms with Gasteiger partial charge in [-0.2, -0.15) is 5.26 Å². The minimum absolute atomic E-state index is 0.318. The highest BCUT2D eigenvalue weighted by Gasteiger charge is 2.56. The van der Waals surface area contributed by atoms with Crippen LogP contribution in [0.2, 0.25) is 0 Å². The van der Waals surface area contributed by atoms with Gasteiger partial charge in [-0.15, -0.1) is 0 Å². The molecule has 7 nitrogen and oxygen atoms in total. The Morgan fingerprint density at radius 2 is 1.85 bits per heavy atom. The number of hydrogen-bond donors (Lipinski definition) is 2. The van der Waals surface area contributed by atoms with Crippen LogP contribution in [0, 0.1) is 22.7 Å². The maximum Gasteiger partial charge on any atom is 0.318 e. The smallest absolute Gasteiger partial charge is 0.318 e. The predicted octanol–water partition coefficient (Wildman–Crippen LogP) is 2.61. The molecule has 1 aromatic rings. The molecule has 1 atom stereocenters. The van der Waals surface area contributed by atoms with Crippen LogP contribution in [0.15, 0.2) is 24.3 Å². The van der Waals surface area contributed by atoms with Crippen LogP contribution in [0.25, 0.3) is 0 Å². The highest BCUT2D eigenvalue weighted by Crippen LogP contribution is 2.50. The Bertz CT molecular complexity index is 709. The lowest BCUT2D eigenvalue weighted by atomic mass is 9.55. The molecule has 0 amide bonds. The van der Waals surface area contributed by atoms with Gasteiger partial charge in [0.05, 0.1) is 18.6 Å². The fourth-order valence-electron chi connectivity index (χ4n) is 3.62. The number of carboxylic acid groups (broad SMARTS) is 2. The number of benzene rings is 1. The van der Waals surface area contributed by atoms with E-state index in [1.54, 1.807) is 24.3 Å². The molecule has 0 aliphatic carbocycles. The Balaban J connectivity index is 3.62. The van der Waals surface area contributed by atoms with Crippen molar-refractivity contribution in [3.8, 4) is 11.8 Å².